The Morgan fingerprint density at radius 1 is 0.370 bits per heavy atom. The maximum absolute atomic E-state index is 18.2. The van der Waals surface area contributed by atoms with Gasteiger partial charge in [0.25, 0.3) is 0 Å². The Morgan fingerprint density at radius 3 is 1.68 bits per heavy atom. The molecule has 0 atom stereocenters. The number of para-hydroxylation sites is 3. The van der Waals surface area contributed by atoms with Gasteiger partial charge in [0.05, 0.1) is 22.7 Å². The first-order chi connectivity index (χ1) is 35.9. The molecule has 4 heteroatoms. The average molecular weight is 937 g/mol. The lowest BCUT2D eigenvalue weighted by molar-refractivity contribution is 0.629. The van der Waals surface area contributed by atoms with Gasteiger partial charge in [-0.15, -0.1) is 0 Å². The first kappa shape index (κ1) is 41.5. The van der Waals surface area contributed by atoms with Crippen LogP contribution in [0.1, 0.15) is 25.0 Å². The van der Waals surface area contributed by atoms with Crippen LogP contribution in [0.25, 0.3) is 98.1 Å². The Balaban J connectivity index is 1.01. The van der Waals surface area contributed by atoms with Gasteiger partial charge in [-0.2, -0.15) is 0 Å². The van der Waals surface area contributed by atoms with Crippen LogP contribution in [0.4, 0.5) is 38.5 Å². The van der Waals surface area contributed by atoms with Crippen LogP contribution in [0.2, 0.25) is 0 Å². The van der Waals surface area contributed by atoms with Crippen molar-refractivity contribution < 1.29 is 8.81 Å². The van der Waals surface area contributed by atoms with Crippen molar-refractivity contribution >= 4 is 110 Å². The van der Waals surface area contributed by atoms with Crippen molar-refractivity contribution in [2.75, 3.05) is 9.80 Å². The quantitative estimate of drug-likeness (QED) is 0.142. The number of benzene rings is 13. The predicted molar refractivity (Wildman–Crippen MR) is 305 cm³/mol. The molecular formula is C69H45FN2O. The van der Waals surface area contributed by atoms with E-state index in [0.717, 1.165) is 99.4 Å². The lowest BCUT2D eigenvalue weighted by atomic mass is 9.81. The van der Waals surface area contributed by atoms with E-state index in [1.807, 2.05) is 66.7 Å². The second-order valence-electron chi connectivity index (χ2n) is 20.1. The van der Waals surface area contributed by atoms with E-state index in [4.69, 9.17) is 4.42 Å². The molecule has 0 fully saturated rings. The predicted octanol–water partition coefficient (Wildman–Crippen LogP) is 19.8. The smallest absolute Gasteiger partial charge is 0.159 e. The summed E-state index contributed by atoms with van der Waals surface area (Å²) in [6, 6.07) is 83.3. The highest BCUT2D eigenvalue weighted by atomic mass is 19.1. The molecule has 1 heterocycles. The van der Waals surface area contributed by atoms with Gasteiger partial charge in [0.2, 0.25) is 0 Å². The Bertz CT molecular complexity index is 4540. The fourth-order valence-corrected chi connectivity index (χ4v) is 12.4. The van der Waals surface area contributed by atoms with Crippen LogP contribution in [0.3, 0.4) is 0 Å². The Labute approximate surface area is 421 Å². The highest BCUT2D eigenvalue weighted by Crippen LogP contribution is 2.54. The summed E-state index contributed by atoms with van der Waals surface area (Å²) in [6.45, 7) is 4.73. The first-order valence-corrected chi connectivity index (χ1v) is 25.1. The van der Waals surface area contributed by atoms with Crippen molar-refractivity contribution in [3.05, 3.63) is 254 Å². The number of nitrogens with zero attached hydrogens (tertiary/aromatic N) is 2. The van der Waals surface area contributed by atoms with Crippen molar-refractivity contribution in [2.45, 2.75) is 19.3 Å². The molecular weight excluding hydrogens is 892 g/mol. The summed E-state index contributed by atoms with van der Waals surface area (Å²) in [4.78, 5) is 4.56. The minimum absolute atomic E-state index is 0.181. The van der Waals surface area contributed by atoms with Crippen molar-refractivity contribution in [2.24, 2.45) is 0 Å². The van der Waals surface area contributed by atoms with Crippen LogP contribution < -0.4 is 9.80 Å². The molecule has 0 amide bonds. The van der Waals surface area contributed by atoms with Crippen LogP contribution in [0.15, 0.2) is 241 Å². The number of fused-ring (bicyclic) bond motifs is 3. The van der Waals surface area contributed by atoms with Crippen molar-refractivity contribution in [3.8, 4) is 22.3 Å². The van der Waals surface area contributed by atoms with E-state index >= 15 is 4.39 Å². The Morgan fingerprint density at radius 2 is 0.945 bits per heavy atom. The van der Waals surface area contributed by atoms with Gasteiger partial charge in [0.1, 0.15) is 11.4 Å². The lowest BCUT2D eigenvalue weighted by Crippen LogP contribution is -2.17. The summed E-state index contributed by atoms with van der Waals surface area (Å²) >= 11 is 0. The van der Waals surface area contributed by atoms with E-state index in [1.54, 1.807) is 6.07 Å². The van der Waals surface area contributed by atoms with Crippen LogP contribution in [0.5, 0.6) is 0 Å². The molecule has 0 spiro atoms. The van der Waals surface area contributed by atoms with E-state index in [9.17, 15) is 0 Å². The molecule has 13 aromatic carbocycles. The largest absolute Gasteiger partial charge is 0.454 e. The molecule has 1 aromatic heterocycles. The molecule has 0 aliphatic heterocycles. The van der Waals surface area contributed by atoms with Crippen LogP contribution in [-0.4, -0.2) is 0 Å². The summed E-state index contributed by atoms with van der Waals surface area (Å²) < 4.78 is 25.0. The van der Waals surface area contributed by atoms with Crippen molar-refractivity contribution in [1.82, 2.24) is 0 Å². The van der Waals surface area contributed by atoms with Gasteiger partial charge in [-0.05, 0) is 132 Å². The fraction of sp³-hybridized carbons (Fsp3) is 0.0435. The second kappa shape index (κ2) is 15.6. The topological polar surface area (TPSA) is 19.6 Å². The minimum Gasteiger partial charge on any atom is -0.454 e. The molecule has 0 saturated heterocycles. The summed E-state index contributed by atoms with van der Waals surface area (Å²) in [5, 5.41) is 13.8. The standard InChI is InChI=1S/C69H45FN2O/c1-69(2)56-25-14-20-44-28-29-47-38-50(41-57(69)66(47)65(44)56)71(49-21-10-5-11-22-49)59-36-32-45-31-35-54-60(37-33-46-30-34-53(59)63(45)64(46)54)72(61-26-15-24-52-51-23-12-13-27-62(51)73-68(52)61)67-55(43-18-8-4-9-19-43)39-48(40-58(67)70)42-16-6-3-7-17-42/h3-41H,1-2H3. The molecule has 3 nitrogen and oxygen atoms in total. The average Bonchev–Trinajstić information content (AvgIpc) is 3.98. The van der Waals surface area contributed by atoms with E-state index in [2.05, 4.69) is 187 Å². The fourth-order valence-electron chi connectivity index (χ4n) is 12.4. The molecule has 0 radical (unpaired) electrons. The zero-order valence-electron chi connectivity index (χ0n) is 40.2. The zero-order valence-corrected chi connectivity index (χ0v) is 40.2. The number of furan rings is 1. The maximum atomic E-state index is 18.2. The van der Waals surface area contributed by atoms with Crippen LogP contribution in [0, 0.1) is 5.82 Å². The third-order valence-electron chi connectivity index (χ3n) is 15.8. The lowest BCUT2D eigenvalue weighted by Gasteiger charge is -2.31. The third kappa shape index (κ3) is 6.11. The van der Waals surface area contributed by atoms with Crippen LogP contribution >= 0.6 is 0 Å². The number of hydrogen-bond donors (Lipinski definition) is 0. The van der Waals surface area contributed by atoms with Gasteiger partial charge in [0, 0.05) is 43.9 Å². The van der Waals surface area contributed by atoms with Gasteiger partial charge < -0.3 is 14.2 Å². The zero-order chi connectivity index (χ0) is 48.5. The van der Waals surface area contributed by atoms with Gasteiger partial charge in [-0.25, -0.2) is 4.39 Å². The Kier molecular flexibility index (Phi) is 8.89. The van der Waals surface area contributed by atoms with E-state index in [1.165, 1.54) is 32.7 Å². The van der Waals surface area contributed by atoms with Crippen molar-refractivity contribution in [3.63, 3.8) is 0 Å². The third-order valence-corrected chi connectivity index (χ3v) is 15.8. The second-order valence-corrected chi connectivity index (χ2v) is 20.1. The molecule has 0 saturated carbocycles. The summed E-state index contributed by atoms with van der Waals surface area (Å²) in [5.41, 5.74) is 12.7. The van der Waals surface area contributed by atoms with Gasteiger partial charge in [-0.1, -0.05) is 190 Å². The van der Waals surface area contributed by atoms with Crippen molar-refractivity contribution in [1.29, 1.82) is 0 Å². The van der Waals surface area contributed by atoms with Crippen LogP contribution in [-0.2, 0) is 5.41 Å². The molecule has 14 aromatic rings. The summed E-state index contributed by atoms with van der Waals surface area (Å²) in [7, 11) is 0. The van der Waals surface area contributed by atoms with E-state index in [-0.39, 0.29) is 11.2 Å². The van der Waals surface area contributed by atoms with Gasteiger partial charge in [0.15, 0.2) is 5.58 Å². The molecule has 344 valence electrons. The van der Waals surface area contributed by atoms with Gasteiger partial charge in [-0.3, -0.25) is 0 Å². The molecule has 0 bridgehead atoms. The molecule has 1 aliphatic carbocycles. The Hall–Kier alpha value is -9.25. The molecule has 73 heavy (non-hydrogen) atoms. The highest BCUT2D eigenvalue weighted by Gasteiger charge is 2.35. The summed E-state index contributed by atoms with van der Waals surface area (Å²) in [5.74, 6) is -0.342. The number of halogens is 1. The molecule has 1 aliphatic rings. The SMILES string of the molecule is CC1(C)c2cccc3ccc4cc(N(c5ccccc5)c5ccc6ccc7c(N(c8c(F)cc(-c9ccccc9)cc8-c8ccccc8)c8cccc9c8oc8ccccc89)ccc8ccc5c6c87)cc1c4c23. The minimum atomic E-state index is -0.342. The summed E-state index contributed by atoms with van der Waals surface area (Å²) in [6.07, 6.45) is 0. The number of anilines is 6. The first-order valence-electron chi connectivity index (χ1n) is 25.1. The normalized spacial score (nSPS) is 13.0. The number of rotatable bonds is 8. The van der Waals surface area contributed by atoms with E-state index < -0.39 is 0 Å². The monoisotopic (exact) mass is 936 g/mol. The molecule has 0 unspecified atom stereocenters. The number of hydrogen-bond acceptors (Lipinski definition) is 3. The molecule has 0 N–H and O–H groups in total. The van der Waals surface area contributed by atoms with Gasteiger partial charge >= 0.3 is 0 Å². The van der Waals surface area contributed by atoms with E-state index in [0.29, 0.717) is 11.3 Å². The highest BCUT2D eigenvalue weighted by molar-refractivity contribution is 6.29. The molecule has 15 rings (SSSR count). The maximum Gasteiger partial charge on any atom is 0.159 e.